The summed E-state index contributed by atoms with van der Waals surface area (Å²) in [5.41, 5.74) is 0. The SMILES string of the molecule is C=CC(=O)N1CCC(C(=O)NCC)CC1. The van der Waals surface area contributed by atoms with Crippen molar-refractivity contribution in [3.63, 3.8) is 0 Å². The maximum atomic E-state index is 11.5. The number of nitrogens with one attached hydrogen (secondary N) is 1. The van der Waals surface area contributed by atoms with Crippen LogP contribution < -0.4 is 5.32 Å². The first-order chi connectivity index (χ1) is 7.19. The zero-order valence-corrected chi connectivity index (χ0v) is 9.16. The van der Waals surface area contributed by atoms with Gasteiger partial charge in [-0.25, -0.2) is 0 Å². The second kappa shape index (κ2) is 5.53. The molecule has 1 fully saturated rings. The van der Waals surface area contributed by atoms with Crippen LogP contribution in [0.4, 0.5) is 0 Å². The zero-order chi connectivity index (χ0) is 11.3. The molecule has 0 aromatic rings. The third-order valence-electron chi connectivity index (χ3n) is 2.70. The van der Waals surface area contributed by atoms with Gasteiger partial charge in [-0.2, -0.15) is 0 Å². The summed E-state index contributed by atoms with van der Waals surface area (Å²) in [6.07, 6.45) is 2.84. The van der Waals surface area contributed by atoms with Crippen LogP contribution in [-0.2, 0) is 9.59 Å². The Morgan fingerprint density at radius 2 is 2.07 bits per heavy atom. The summed E-state index contributed by atoms with van der Waals surface area (Å²) in [4.78, 5) is 24.5. The molecule has 0 aromatic carbocycles. The first-order valence-corrected chi connectivity index (χ1v) is 5.38. The molecule has 1 aliphatic heterocycles. The number of nitrogens with zero attached hydrogens (tertiary/aromatic N) is 1. The molecule has 84 valence electrons. The van der Waals surface area contributed by atoms with E-state index in [1.807, 2.05) is 6.92 Å². The number of piperidine rings is 1. The van der Waals surface area contributed by atoms with Crippen molar-refractivity contribution < 1.29 is 9.59 Å². The molecule has 1 aliphatic rings. The minimum absolute atomic E-state index is 0.0376. The van der Waals surface area contributed by atoms with E-state index in [-0.39, 0.29) is 17.7 Å². The maximum Gasteiger partial charge on any atom is 0.245 e. The molecular formula is C11H18N2O2. The lowest BCUT2D eigenvalue weighted by molar-refractivity contribution is -0.132. The largest absolute Gasteiger partial charge is 0.356 e. The van der Waals surface area contributed by atoms with E-state index in [0.29, 0.717) is 19.6 Å². The van der Waals surface area contributed by atoms with Gasteiger partial charge in [0.25, 0.3) is 0 Å². The Kier molecular flexibility index (Phi) is 4.34. The summed E-state index contributed by atoms with van der Waals surface area (Å²) in [7, 11) is 0. The van der Waals surface area contributed by atoms with Gasteiger partial charge in [-0.3, -0.25) is 9.59 Å². The Morgan fingerprint density at radius 1 is 1.47 bits per heavy atom. The molecule has 1 heterocycles. The Morgan fingerprint density at radius 3 is 2.53 bits per heavy atom. The van der Waals surface area contributed by atoms with Crippen LogP contribution in [0.25, 0.3) is 0 Å². The molecule has 4 heteroatoms. The fourth-order valence-electron chi connectivity index (χ4n) is 1.81. The number of amides is 2. The number of hydrogen-bond donors (Lipinski definition) is 1. The fraction of sp³-hybridized carbons (Fsp3) is 0.636. The van der Waals surface area contributed by atoms with Gasteiger partial charge in [-0.15, -0.1) is 0 Å². The van der Waals surface area contributed by atoms with Crippen LogP contribution >= 0.6 is 0 Å². The van der Waals surface area contributed by atoms with Crippen LogP contribution in [0.1, 0.15) is 19.8 Å². The first-order valence-electron chi connectivity index (χ1n) is 5.38. The molecule has 1 rings (SSSR count). The van der Waals surface area contributed by atoms with Gasteiger partial charge >= 0.3 is 0 Å². The lowest BCUT2D eigenvalue weighted by Gasteiger charge is -2.30. The van der Waals surface area contributed by atoms with Gasteiger partial charge in [0.05, 0.1) is 0 Å². The molecule has 0 aromatic heterocycles. The van der Waals surface area contributed by atoms with Crippen molar-refractivity contribution in [3.05, 3.63) is 12.7 Å². The number of hydrogen-bond acceptors (Lipinski definition) is 2. The van der Waals surface area contributed by atoms with Crippen molar-refractivity contribution >= 4 is 11.8 Å². The van der Waals surface area contributed by atoms with Crippen LogP contribution in [-0.4, -0.2) is 36.3 Å². The van der Waals surface area contributed by atoms with Gasteiger partial charge in [0.1, 0.15) is 0 Å². The van der Waals surface area contributed by atoms with E-state index in [4.69, 9.17) is 0 Å². The van der Waals surface area contributed by atoms with E-state index < -0.39 is 0 Å². The Balaban J connectivity index is 2.38. The minimum Gasteiger partial charge on any atom is -0.356 e. The van der Waals surface area contributed by atoms with Crippen molar-refractivity contribution in [1.29, 1.82) is 0 Å². The average molecular weight is 210 g/mol. The summed E-state index contributed by atoms with van der Waals surface area (Å²) in [5.74, 6) is 0.145. The Bertz CT molecular complexity index is 255. The molecule has 1 saturated heterocycles. The number of rotatable bonds is 3. The van der Waals surface area contributed by atoms with Crippen LogP contribution in [0.5, 0.6) is 0 Å². The summed E-state index contributed by atoms with van der Waals surface area (Å²) in [6, 6.07) is 0. The number of likely N-dealkylation sites (tertiary alicyclic amines) is 1. The van der Waals surface area contributed by atoms with Crippen molar-refractivity contribution in [2.45, 2.75) is 19.8 Å². The number of carbonyl (C=O) groups is 2. The predicted molar refractivity (Wildman–Crippen MR) is 58.2 cm³/mol. The zero-order valence-electron chi connectivity index (χ0n) is 9.16. The van der Waals surface area contributed by atoms with Crippen molar-refractivity contribution in [2.75, 3.05) is 19.6 Å². The molecule has 0 saturated carbocycles. The summed E-state index contributed by atoms with van der Waals surface area (Å²) < 4.78 is 0. The average Bonchev–Trinajstić information content (AvgIpc) is 2.28. The van der Waals surface area contributed by atoms with E-state index >= 15 is 0 Å². The second-order valence-electron chi connectivity index (χ2n) is 3.70. The maximum absolute atomic E-state index is 11.5. The number of carbonyl (C=O) groups excluding carboxylic acids is 2. The third-order valence-corrected chi connectivity index (χ3v) is 2.70. The molecule has 2 amide bonds. The second-order valence-corrected chi connectivity index (χ2v) is 3.70. The quantitative estimate of drug-likeness (QED) is 0.691. The minimum atomic E-state index is -0.0376. The van der Waals surface area contributed by atoms with Crippen molar-refractivity contribution in [2.24, 2.45) is 5.92 Å². The van der Waals surface area contributed by atoms with E-state index in [1.54, 1.807) is 4.90 Å². The summed E-state index contributed by atoms with van der Waals surface area (Å²) in [6.45, 7) is 7.35. The van der Waals surface area contributed by atoms with Crippen LogP contribution in [0.3, 0.4) is 0 Å². The van der Waals surface area contributed by atoms with Crippen LogP contribution in [0.2, 0.25) is 0 Å². The standard InChI is InChI=1S/C11H18N2O2/c1-3-10(14)13-7-5-9(6-8-13)11(15)12-4-2/h3,9H,1,4-8H2,2H3,(H,12,15). The van der Waals surface area contributed by atoms with Crippen molar-refractivity contribution in [3.8, 4) is 0 Å². The first kappa shape index (κ1) is 11.8. The molecule has 0 bridgehead atoms. The molecule has 1 N–H and O–H groups in total. The lowest BCUT2D eigenvalue weighted by Crippen LogP contribution is -2.42. The summed E-state index contributed by atoms with van der Waals surface area (Å²) >= 11 is 0. The van der Waals surface area contributed by atoms with Crippen LogP contribution in [0.15, 0.2) is 12.7 Å². The van der Waals surface area contributed by atoms with Crippen LogP contribution in [0, 0.1) is 5.92 Å². The third kappa shape index (κ3) is 3.08. The van der Waals surface area contributed by atoms with Crippen molar-refractivity contribution in [1.82, 2.24) is 10.2 Å². The van der Waals surface area contributed by atoms with Gasteiger partial charge in [-0.05, 0) is 25.8 Å². The fourth-order valence-corrected chi connectivity index (χ4v) is 1.81. The van der Waals surface area contributed by atoms with Gasteiger partial charge in [0.15, 0.2) is 0 Å². The highest BCUT2D eigenvalue weighted by Gasteiger charge is 2.25. The predicted octanol–water partition coefficient (Wildman–Crippen LogP) is 0.547. The Hall–Kier alpha value is -1.32. The van der Waals surface area contributed by atoms with E-state index in [1.165, 1.54) is 6.08 Å². The topological polar surface area (TPSA) is 49.4 Å². The van der Waals surface area contributed by atoms with Gasteiger partial charge in [-0.1, -0.05) is 6.58 Å². The van der Waals surface area contributed by atoms with E-state index in [2.05, 4.69) is 11.9 Å². The highest BCUT2D eigenvalue weighted by molar-refractivity contribution is 5.87. The molecule has 0 spiro atoms. The molecule has 0 unspecified atom stereocenters. The normalized spacial score (nSPS) is 17.3. The van der Waals surface area contributed by atoms with E-state index in [9.17, 15) is 9.59 Å². The molecule has 15 heavy (non-hydrogen) atoms. The molecule has 0 radical (unpaired) electrons. The molecule has 4 nitrogen and oxygen atoms in total. The lowest BCUT2D eigenvalue weighted by atomic mass is 9.96. The van der Waals surface area contributed by atoms with Gasteiger partial charge < -0.3 is 10.2 Å². The van der Waals surface area contributed by atoms with E-state index in [0.717, 1.165) is 12.8 Å². The van der Waals surface area contributed by atoms with Gasteiger partial charge in [0.2, 0.25) is 11.8 Å². The monoisotopic (exact) mass is 210 g/mol. The molecule has 0 aliphatic carbocycles. The molecule has 0 atom stereocenters. The Labute approximate surface area is 90.3 Å². The highest BCUT2D eigenvalue weighted by Crippen LogP contribution is 2.17. The highest BCUT2D eigenvalue weighted by atomic mass is 16.2. The summed E-state index contributed by atoms with van der Waals surface area (Å²) in [5, 5.41) is 2.81. The smallest absolute Gasteiger partial charge is 0.245 e. The molecular weight excluding hydrogens is 192 g/mol. The van der Waals surface area contributed by atoms with Gasteiger partial charge in [0, 0.05) is 25.6 Å².